The zero-order valence-corrected chi connectivity index (χ0v) is 13.3. The summed E-state index contributed by atoms with van der Waals surface area (Å²) in [5, 5.41) is 0. The van der Waals surface area contributed by atoms with E-state index in [4.69, 9.17) is 4.42 Å². The first-order valence-electron chi connectivity index (χ1n) is 7.82. The highest BCUT2D eigenvalue weighted by molar-refractivity contribution is 5.95. The third-order valence-electron chi connectivity index (χ3n) is 4.18. The van der Waals surface area contributed by atoms with E-state index in [9.17, 15) is 4.79 Å². The van der Waals surface area contributed by atoms with Gasteiger partial charge in [0.25, 0.3) is 5.91 Å². The lowest BCUT2D eigenvalue weighted by molar-refractivity contribution is 0.0726. The standard InChI is InChI=1S/C18H16N4O2/c1-12-14(9-19-11-20-12)18(23)22-8-7-16-15(10-22)21-17(24-16)13-5-3-2-4-6-13/h2-6,9,11H,7-8,10H2,1H3. The van der Waals surface area contributed by atoms with Gasteiger partial charge in [0.05, 0.1) is 17.8 Å². The summed E-state index contributed by atoms with van der Waals surface area (Å²) >= 11 is 0. The SMILES string of the molecule is Cc1ncncc1C(=O)N1CCc2oc(-c3ccccc3)nc2C1. The summed E-state index contributed by atoms with van der Waals surface area (Å²) in [5.41, 5.74) is 2.98. The van der Waals surface area contributed by atoms with Gasteiger partial charge in [-0.25, -0.2) is 15.0 Å². The van der Waals surface area contributed by atoms with E-state index < -0.39 is 0 Å². The maximum Gasteiger partial charge on any atom is 0.257 e. The van der Waals surface area contributed by atoms with Crippen LogP contribution in [0, 0.1) is 6.92 Å². The molecule has 1 amide bonds. The number of hydrogen-bond donors (Lipinski definition) is 0. The van der Waals surface area contributed by atoms with Gasteiger partial charge in [-0.1, -0.05) is 18.2 Å². The number of hydrogen-bond acceptors (Lipinski definition) is 5. The zero-order chi connectivity index (χ0) is 16.5. The Labute approximate surface area is 139 Å². The van der Waals surface area contributed by atoms with Gasteiger partial charge >= 0.3 is 0 Å². The predicted molar refractivity (Wildman–Crippen MR) is 87.2 cm³/mol. The molecular weight excluding hydrogens is 304 g/mol. The van der Waals surface area contributed by atoms with E-state index in [2.05, 4.69) is 15.0 Å². The molecule has 120 valence electrons. The molecule has 0 N–H and O–H groups in total. The maximum atomic E-state index is 12.7. The number of aromatic nitrogens is 3. The monoisotopic (exact) mass is 320 g/mol. The van der Waals surface area contributed by atoms with Gasteiger partial charge in [0.1, 0.15) is 17.8 Å². The molecule has 3 aromatic rings. The number of rotatable bonds is 2. The van der Waals surface area contributed by atoms with Crippen LogP contribution in [0.25, 0.3) is 11.5 Å². The minimum absolute atomic E-state index is 0.0667. The third-order valence-corrected chi connectivity index (χ3v) is 4.18. The molecule has 0 aliphatic carbocycles. The molecule has 24 heavy (non-hydrogen) atoms. The van der Waals surface area contributed by atoms with Crippen LogP contribution in [0.1, 0.15) is 27.5 Å². The molecule has 1 aromatic carbocycles. The lowest BCUT2D eigenvalue weighted by Gasteiger charge is -2.25. The zero-order valence-electron chi connectivity index (χ0n) is 13.3. The fourth-order valence-electron chi connectivity index (χ4n) is 2.85. The van der Waals surface area contributed by atoms with E-state index in [0.717, 1.165) is 17.0 Å². The van der Waals surface area contributed by atoms with Crippen LogP contribution in [0.2, 0.25) is 0 Å². The Morgan fingerprint density at radius 2 is 2.08 bits per heavy atom. The van der Waals surface area contributed by atoms with Crippen molar-refractivity contribution < 1.29 is 9.21 Å². The first-order valence-corrected chi connectivity index (χ1v) is 7.82. The van der Waals surface area contributed by atoms with Gasteiger partial charge in [0.15, 0.2) is 0 Å². The van der Waals surface area contributed by atoms with Crippen LogP contribution in [0.15, 0.2) is 47.3 Å². The summed E-state index contributed by atoms with van der Waals surface area (Å²) < 4.78 is 5.88. The number of fused-ring (bicyclic) bond motifs is 1. The van der Waals surface area contributed by atoms with Gasteiger partial charge in [-0.2, -0.15) is 0 Å². The highest BCUT2D eigenvalue weighted by Crippen LogP contribution is 2.26. The molecule has 6 nitrogen and oxygen atoms in total. The molecule has 0 saturated heterocycles. The molecule has 6 heteroatoms. The van der Waals surface area contributed by atoms with Gasteiger partial charge in [-0.3, -0.25) is 4.79 Å². The van der Waals surface area contributed by atoms with Crippen molar-refractivity contribution in [2.45, 2.75) is 19.9 Å². The fraction of sp³-hybridized carbons (Fsp3) is 0.222. The highest BCUT2D eigenvalue weighted by atomic mass is 16.4. The van der Waals surface area contributed by atoms with Crippen LogP contribution in [0.3, 0.4) is 0 Å². The molecule has 0 saturated carbocycles. The molecule has 0 atom stereocenters. The minimum atomic E-state index is -0.0667. The normalized spacial score (nSPS) is 13.6. The van der Waals surface area contributed by atoms with Gasteiger partial charge in [0.2, 0.25) is 5.89 Å². The van der Waals surface area contributed by atoms with Crippen molar-refractivity contribution in [1.29, 1.82) is 0 Å². The Bertz CT molecular complexity index is 889. The largest absolute Gasteiger partial charge is 0.441 e. The van der Waals surface area contributed by atoms with E-state index in [1.54, 1.807) is 11.1 Å². The Morgan fingerprint density at radius 3 is 2.88 bits per heavy atom. The van der Waals surface area contributed by atoms with Crippen LogP contribution in [-0.2, 0) is 13.0 Å². The van der Waals surface area contributed by atoms with E-state index in [1.807, 2.05) is 37.3 Å². The van der Waals surface area contributed by atoms with Gasteiger partial charge < -0.3 is 9.32 Å². The van der Waals surface area contributed by atoms with Crippen molar-refractivity contribution in [3.63, 3.8) is 0 Å². The quantitative estimate of drug-likeness (QED) is 0.726. The number of amides is 1. The second-order valence-electron chi connectivity index (χ2n) is 5.75. The van der Waals surface area contributed by atoms with Crippen LogP contribution in [0.4, 0.5) is 0 Å². The Kier molecular flexibility index (Phi) is 3.57. The van der Waals surface area contributed by atoms with Crippen molar-refractivity contribution in [2.75, 3.05) is 6.54 Å². The summed E-state index contributed by atoms with van der Waals surface area (Å²) in [6.07, 6.45) is 3.68. The molecule has 0 spiro atoms. The van der Waals surface area contributed by atoms with Crippen molar-refractivity contribution in [1.82, 2.24) is 19.9 Å². The third kappa shape index (κ3) is 2.56. The Balaban J connectivity index is 1.59. The molecule has 0 bridgehead atoms. The molecular formula is C18H16N4O2. The average Bonchev–Trinajstić information content (AvgIpc) is 3.05. The van der Waals surface area contributed by atoms with Crippen LogP contribution >= 0.6 is 0 Å². The second kappa shape index (κ2) is 5.88. The summed E-state index contributed by atoms with van der Waals surface area (Å²) in [6, 6.07) is 9.78. The van der Waals surface area contributed by atoms with Crippen molar-refractivity contribution in [3.8, 4) is 11.5 Å². The molecule has 1 aliphatic rings. The molecule has 1 aliphatic heterocycles. The summed E-state index contributed by atoms with van der Waals surface area (Å²) in [5.74, 6) is 1.40. The minimum Gasteiger partial charge on any atom is -0.441 e. The van der Waals surface area contributed by atoms with Crippen molar-refractivity contribution in [3.05, 3.63) is 65.6 Å². The van der Waals surface area contributed by atoms with Gasteiger partial charge in [-0.05, 0) is 19.1 Å². The molecule has 0 unspecified atom stereocenters. The number of benzene rings is 1. The number of carbonyl (C=O) groups is 1. The van der Waals surface area contributed by atoms with Crippen LogP contribution in [-0.4, -0.2) is 32.3 Å². The smallest absolute Gasteiger partial charge is 0.257 e. The number of aryl methyl sites for hydroxylation is 1. The molecule has 3 heterocycles. The van der Waals surface area contributed by atoms with E-state index in [1.165, 1.54) is 6.33 Å². The lowest BCUT2D eigenvalue weighted by Crippen LogP contribution is -2.36. The van der Waals surface area contributed by atoms with Crippen molar-refractivity contribution >= 4 is 5.91 Å². The Hall–Kier alpha value is -3.02. The van der Waals surface area contributed by atoms with Gasteiger partial charge in [0, 0.05) is 24.7 Å². The number of oxazole rings is 1. The highest BCUT2D eigenvalue weighted by Gasteiger charge is 2.27. The number of carbonyl (C=O) groups excluding carboxylic acids is 1. The average molecular weight is 320 g/mol. The first-order chi connectivity index (χ1) is 11.7. The van der Waals surface area contributed by atoms with E-state index in [0.29, 0.717) is 36.7 Å². The predicted octanol–water partition coefficient (Wildman–Crippen LogP) is 2.64. The lowest BCUT2D eigenvalue weighted by atomic mass is 10.1. The molecule has 0 radical (unpaired) electrons. The van der Waals surface area contributed by atoms with E-state index in [-0.39, 0.29) is 5.91 Å². The topological polar surface area (TPSA) is 72.1 Å². The van der Waals surface area contributed by atoms with Crippen LogP contribution < -0.4 is 0 Å². The number of nitrogens with zero attached hydrogens (tertiary/aromatic N) is 4. The van der Waals surface area contributed by atoms with Crippen LogP contribution in [0.5, 0.6) is 0 Å². The van der Waals surface area contributed by atoms with Crippen molar-refractivity contribution in [2.24, 2.45) is 0 Å². The van der Waals surface area contributed by atoms with E-state index >= 15 is 0 Å². The summed E-state index contributed by atoms with van der Waals surface area (Å²) in [6.45, 7) is 2.86. The molecule has 2 aromatic heterocycles. The Morgan fingerprint density at radius 1 is 1.25 bits per heavy atom. The fourth-order valence-corrected chi connectivity index (χ4v) is 2.85. The van der Waals surface area contributed by atoms with Gasteiger partial charge in [-0.15, -0.1) is 0 Å². The molecule has 4 rings (SSSR count). The second-order valence-corrected chi connectivity index (χ2v) is 5.75. The maximum absolute atomic E-state index is 12.7. The summed E-state index contributed by atoms with van der Waals surface area (Å²) in [4.78, 5) is 27.1. The first kappa shape index (κ1) is 14.6. The molecule has 0 fully saturated rings. The summed E-state index contributed by atoms with van der Waals surface area (Å²) in [7, 11) is 0.